The summed E-state index contributed by atoms with van der Waals surface area (Å²) >= 11 is 0. The third-order valence-corrected chi connectivity index (χ3v) is 5.32. The largest absolute Gasteiger partial charge is 0.390 e. The van der Waals surface area contributed by atoms with Crippen molar-refractivity contribution in [3.63, 3.8) is 0 Å². The van der Waals surface area contributed by atoms with E-state index in [2.05, 4.69) is 25.2 Å². The van der Waals surface area contributed by atoms with Gasteiger partial charge < -0.3 is 24.8 Å². The molecule has 0 amide bonds. The van der Waals surface area contributed by atoms with Gasteiger partial charge >= 0.3 is 5.69 Å². The molecule has 2 aromatic rings. The summed E-state index contributed by atoms with van der Waals surface area (Å²) in [6.07, 6.45) is 3.48. The van der Waals surface area contributed by atoms with Gasteiger partial charge in [0.2, 0.25) is 5.95 Å². The van der Waals surface area contributed by atoms with Gasteiger partial charge in [0.15, 0.2) is 0 Å². The van der Waals surface area contributed by atoms with Gasteiger partial charge in [-0.25, -0.2) is 14.8 Å². The predicted octanol–water partition coefficient (Wildman–Crippen LogP) is -1.09. The molecule has 30 heavy (non-hydrogen) atoms. The number of anilines is 1. The maximum Gasteiger partial charge on any atom is 0.330 e. The van der Waals surface area contributed by atoms with Crippen LogP contribution in [-0.2, 0) is 16.0 Å². The highest BCUT2D eigenvalue weighted by Gasteiger charge is 2.35. The molecule has 0 bridgehead atoms. The van der Waals surface area contributed by atoms with E-state index in [1.165, 1.54) is 10.8 Å². The quantitative estimate of drug-likeness (QED) is 0.535. The lowest BCUT2D eigenvalue weighted by Gasteiger charge is -2.26. The smallest absolute Gasteiger partial charge is 0.330 e. The van der Waals surface area contributed by atoms with Crippen molar-refractivity contribution in [2.24, 2.45) is 0 Å². The van der Waals surface area contributed by atoms with Crippen molar-refractivity contribution in [3.05, 3.63) is 50.6 Å². The predicted molar refractivity (Wildman–Crippen MR) is 107 cm³/mol. The molecule has 4 heterocycles. The van der Waals surface area contributed by atoms with Crippen LogP contribution in [0.2, 0.25) is 0 Å². The first-order chi connectivity index (χ1) is 14.5. The summed E-state index contributed by atoms with van der Waals surface area (Å²) in [6, 6.07) is 0. The fourth-order valence-electron chi connectivity index (χ4n) is 3.59. The molecule has 2 aliphatic heterocycles. The fourth-order valence-corrected chi connectivity index (χ4v) is 3.59. The number of nitrogens with zero attached hydrogens (tertiary/aromatic N) is 4. The van der Waals surface area contributed by atoms with Gasteiger partial charge in [0.25, 0.3) is 5.56 Å². The van der Waals surface area contributed by atoms with E-state index in [1.807, 2.05) is 0 Å². The Morgan fingerprint density at radius 3 is 2.73 bits per heavy atom. The minimum absolute atomic E-state index is 0.273. The SMILES string of the molecule is Cc1cn([C@H]2C[C@H](O)[C@@H](CNCc3cnc(N4CCOCC4)nc3)O2)c(=O)[nH]c1=O. The lowest BCUT2D eigenvalue weighted by atomic mass is 10.1. The van der Waals surface area contributed by atoms with Crippen molar-refractivity contribution in [1.29, 1.82) is 0 Å². The van der Waals surface area contributed by atoms with Gasteiger partial charge in [-0.3, -0.25) is 14.3 Å². The molecule has 3 N–H and O–H groups in total. The van der Waals surface area contributed by atoms with Gasteiger partial charge in [0.1, 0.15) is 6.23 Å². The summed E-state index contributed by atoms with van der Waals surface area (Å²) in [7, 11) is 0. The van der Waals surface area contributed by atoms with Crippen molar-refractivity contribution in [1.82, 2.24) is 24.8 Å². The number of H-pyrrole nitrogens is 1. The van der Waals surface area contributed by atoms with Gasteiger partial charge in [0.05, 0.1) is 25.4 Å². The number of hydrogen-bond donors (Lipinski definition) is 3. The highest BCUT2D eigenvalue weighted by Crippen LogP contribution is 2.27. The molecule has 2 aromatic heterocycles. The van der Waals surface area contributed by atoms with Gasteiger partial charge in [0, 0.05) is 62.3 Å². The Bertz CT molecular complexity index is 969. The Labute approximate surface area is 172 Å². The van der Waals surface area contributed by atoms with Crippen molar-refractivity contribution in [3.8, 4) is 0 Å². The van der Waals surface area contributed by atoms with Crippen LogP contribution in [0.1, 0.15) is 23.8 Å². The van der Waals surface area contributed by atoms with E-state index in [1.54, 1.807) is 19.3 Å². The molecule has 162 valence electrons. The average molecular weight is 418 g/mol. The van der Waals surface area contributed by atoms with Crippen LogP contribution >= 0.6 is 0 Å². The summed E-state index contributed by atoms with van der Waals surface area (Å²) in [5.74, 6) is 0.695. The number of morpholine rings is 1. The van der Waals surface area contributed by atoms with Gasteiger partial charge in [-0.1, -0.05) is 0 Å². The Morgan fingerprint density at radius 1 is 1.27 bits per heavy atom. The fraction of sp³-hybridized carbons (Fsp3) is 0.579. The van der Waals surface area contributed by atoms with Crippen molar-refractivity contribution in [2.75, 3.05) is 37.7 Å². The zero-order chi connectivity index (χ0) is 21.1. The van der Waals surface area contributed by atoms with Gasteiger partial charge in [-0.05, 0) is 6.92 Å². The zero-order valence-corrected chi connectivity index (χ0v) is 16.8. The normalized spacial score (nSPS) is 24.3. The number of rotatable bonds is 6. The molecule has 0 unspecified atom stereocenters. The Hall–Kier alpha value is -2.60. The van der Waals surface area contributed by atoms with E-state index in [9.17, 15) is 14.7 Å². The molecule has 2 fully saturated rings. The molecule has 11 nitrogen and oxygen atoms in total. The molecule has 2 aliphatic rings. The molecule has 4 rings (SSSR count). The van der Waals surface area contributed by atoms with Gasteiger partial charge in [-0.15, -0.1) is 0 Å². The molecule has 0 aliphatic carbocycles. The maximum absolute atomic E-state index is 12.0. The number of aromatic amines is 1. The molecule has 0 spiro atoms. The van der Waals surface area contributed by atoms with Crippen molar-refractivity contribution >= 4 is 5.95 Å². The third kappa shape index (κ3) is 4.59. The molecule has 11 heteroatoms. The summed E-state index contributed by atoms with van der Waals surface area (Å²) in [5, 5.41) is 13.6. The summed E-state index contributed by atoms with van der Waals surface area (Å²) in [6.45, 7) is 5.48. The van der Waals surface area contributed by atoms with Gasteiger partial charge in [-0.2, -0.15) is 0 Å². The third-order valence-electron chi connectivity index (χ3n) is 5.32. The number of aryl methyl sites for hydroxylation is 1. The Balaban J connectivity index is 1.29. The molecular formula is C19H26N6O5. The minimum Gasteiger partial charge on any atom is -0.390 e. The average Bonchev–Trinajstić information content (AvgIpc) is 3.12. The molecule has 2 saturated heterocycles. The highest BCUT2D eigenvalue weighted by atomic mass is 16.5. The van der Waals surface area contributed by atoms with Crippen molar-refractivity contribution in [2.45, 2.75) is 38.3 Å². The Morgan fingerprint density at radius 2 is 2.00 bits per heavy atom. The van der Waals surface area contributed by atoms with Crippen LogP contribution in [-0.4, -0.2) is 69.7 Å². The van der Waals surface area contributed by atoms with E-state index in [0.717, 1.165) is 18.7 Å². The van der Waals surface area contributed by atoms with E-state index in [-0.39, 0.29) is 6.42 Å². The van der Waals surface area contributed by atoms with Crippen LogP contribution in [0.15, 0.2) is 28.2 Å². The van der Waals surface area contributed by atoms with Crippen LogP contribution in [0, 0.1) is 6.92 Å². The number of aromatic nitrogens is 4. The molecule has 0 saturated carbocycles. The van der Waals surface area contributed by atoms with Crippen LogP contribution in [0.3, 0.4) is 0 Å². The topological polar surface area (TPSA) is 135 Å². The van der Waals surface area contributed by atoms with E-state index < -0.39 is 29.7 Å². The Kier molecular flexibility index (Phi) is 6.23. The van der Waals surface area contributed by atoms with Crippen molar-refractivity contribution < 1.29 is 14.6 Å². The number of hydrogen-bond acceptors (Lipinski definition) is 9. The minimum atomic E-state index is -0.721. The zero-order valence-electron chi connectivity index (χ0n) is 16.8. The number of aliphatic hydroxyl groups excluding tert-OH is 1. The maximum atomic E-state index is 12.0. The molecule has 0 radical (unpaired) electrons. The van der Waals surface area contributed by atoms with E-state index in [0.29, 0.717) is 37.8 Å². The monoisotopic (exact) mass is 418 g/mol. The molecule has 0 aromatic carbocycles. The summed E-state index contributed by atoms with van der Waals surface area (Å²) in [5.41, 5.74) is 0.363. The number of ether oxygens (including phenoxy) is 2. The molecular weight excluding hydrogens is 392 g/mol. The molecule has 3 atom stereocenters. The van der Waals surface area contributed by atoms with Crippen LogP contribution in [0.5, 0.6) is 0 Å². The number of aliphatic hydroxyl groups is 1. The van der Waals surface area contributed by atoms with Crippen LogP contribution in [0.25, 0.3) is 0 Å². The van der Waals surface area contributed by atoms with E-state index in [4.69, 9.17) is 9.47 Å². The van der Waals surface area contributed by atoms with E-state index >= 15 is 0 Å². The lowest BCUT2D eigenvalue weighted by molar-refractivity contribution is -0.0194. The second-order valence-corrected chi connectivity index (χ2v) is 7.53. The first-order valence-corrected chi connectivity index (χ1v) is 10.0. The second kappa shape index (κ2) is 9.04. The second-order valence-electron chi connectivity index (χ2n) is 7.53. The first-order valence-electron chi connectivity index (χ1n) is 10.0. The van der Waals surface area contributed by atoms with Crippen LogP contribution in [0.4, 0.5) is 5.95 Å². The summed E-state index contributed by atoms with van der Waals surface area (Å²) < 4.78 is 12.5. The van der Waals surface area contributed by atoms with Crippen LogP contribution < -0.4 is 21.5 Å². The first kappa shape index (κ1) is 20.7. The number of nitrogens with one attached hydrogen (secondary N) is 2. The lowest BCUT2D eigenvalue weighted by Crippen LogP contribution is -2.37. The summed E-state index contributed by atoms with van der Waals surface area (Å²) in [4.78, 5) is 36.8. The highest BCUT2D eigenvalue weighted by molar-refractivity contribution is 5.30. The standard InChI is InChI=1S/C19H26N6O5/c1-12-11-25(19(28)23-17(12)27)16-6-14(26)15(30-16)10-20-7-13-8-21-18(22-9-13)24-2-4-29-5-3-24/h8-9,11,14-16,20,26H,2-7,10H2,1H3,(H,23,27,28)/t14-,15+,16+/m0/s1.